The first-order valence-corrected chi connectivity index (χ1v) is 10.2. The van der Waals surface area contributed by atoms with E-state index < -0.39 is 10.0 Å². The van der Waals surface area contributed by atoms with Crippen LogP contribution in [0.2, 0.25) is 5.02 Å². The number of amides is 1. The maximum absolute atomic E-state index is 12.6. The maximum atomic E-state index is 12.6. The van der Waals surface area contributed by atoms with Crippen LogP contribution in [0.4, 0.5) is 0 Å². The van der Waals surface area contributed by atoms with Crippen molar-refractivity contribution in [2.75, 3.05) is 45.0 Å². The normalized spacial score (nSPS) is 16.1. The fourth-order valence-corrected chi connectivity index (χ4v) is 4.30. The molecular weight excluding hydrogens is 350 g/mol. The van der Waals surface area contributed by atoms with E-state index in [2.05, 4.69) is 5.32 Å². The number of sulfonamides is 1. The predicted octanol–water partition coefficient (Wildman–Crippen LogP) is 1.43. The van der Waals surface area contributed by atoms with E-state index in [0.717, 1.165) is 6.42 Å². The zero-order valence-electron chi connectivity index (χ0n) is 13.9. The minimum absolute atomic E-state index is 0.0562. The summed E-state index contributed by atoms with van der Waals surface area (Å²) in [6.45, 7) is 4.96. The molecule has 0 aromatic heterocycles. The van der Waals surface area contributed by atoms with E-state index in [1.165, 1.54) is 4.31 Å². The molecule has 1 aliphatic heterocycles. The Kier molecular flexibility index (Phi) is 7.03. The van der Waals surface area contributed by atoms with Gasteiger partial charge in [-0.25, -0.2) is 8.42 Å². The Hall–Kier alpha value is -1.15. The lowest BCUT2D eigenvalue weighted by atomic mass is 10.2. The molecule has 1 aromatic carbocycles. The van der Waals surface area contributed by atoms with E-state index in [1.807, 2.05) is 6.92 Å². The molecule has 24 heavy (non-hydrogen) atoms. The summed E-state index contributed by atoms with van der Waals surface area (Å²) in [5, 5.41) is 3.63. The van der Waals surface area contributed by atoms with Gasteiger partial charge in [-0.15, -0.1) is 0 Å². The van der Waals surface area contributed by atoms with Crippen LogP contribution in [0.25, 0.3) is 0 Å². The van der Waals surface area contributed by atoms with Gasteiger partial charge in [0, 0.05) is 49.9 Å². The summed E-state index contributed by atoms with van der Waals surface area (Å²) in [7, 11) is -3.35. The Bertz CT molecular complexity index is 660. The molecule has 1 amide bonds. The molecule has 0 saturated carbocycles. The second-order valence-corrected chi connectivity index (χ2v) is 8.29. The van der Waals surface area contributed by atoms with Crippen LogP contribution in [0.3, 0.4) is 0 Å². The van der Waals surface area contributed by atoms with E-state index in [-0.39, 0.29) is 18.2 Å². The van der Waals surface area contributed by atoms with Gasteiger partial charge in [-0.1, -0.05) is 24.6 Å². The second-order valence-electron chi connectivity index (χ2n) is 5.77. The van der Waals surface area contributed by atoms with Crippen molar-refractivity contribution in [2.45, 2.75) is 13.3 Å². The van der Waals surface area contributed by atoms with Gasteiger partial charge in [0.25, 0.3) is 5.91 Å². The Morgan fingerprint density at radius 2 is 2.00 bits per heavy atom. The second kappa shape index (κ2) is 8.80. The molecule has 0 spiro atoms. The molecule has 1 saturated heterocycles. The number of nitrogens with zero attached hydrogens (tertiary/aromatic N) is 2. The van der Waals surface area contributed by atoms with Crippen LogP contribution in [0.5, 0.6) is 0 Å². The molecular formula is C16H24ClN3O3S. The van der Waals surface area contributed by atoms with Crippen molar-refractivity contribution in [1.29, 1.82) is 0 Å². The monoisotopic (exact) mass is 373 g/mol. The van der Waals surface area contributed by atoms with Crippen molar-refractivity contribution >= 4 is 27.5 Å². The first kappa shape index (κ1) is 19.2. The number of piperazine rings is 1. The number of hydrogen-bond donors (Lipinski definition) is 1. The Morgan fingerprint density at radius 3 is 2.62 bits per heavy atom. The Labute approximate surface area is 148 Å². The summed E-state index contributed by atoms with van der Waals surface area (Å²) >= 11 is 5.94. The SMILES string of the molecule is CCCN(CCS(=O)(=O)N1CCNCC1)C(=O)c1cccc(Cl)c1. The molecule has 1 fully saturated rings. The van der Waals surface area contributed by atoms with E-state index >= 15 is 0 Å². The van der Waals surface area contributed by atoms with Gasteiger partial charge < -0.3 is 10.2 Å². The van der Waals surface area contributed by atoms with Crippen LogP contribution in [-0.2, 0) is 10.0 Å². The van der Waals surface area contributed by atoms with E-state index in [0.29, 0.717) is 43.3 Å². The molecule has 2 rings (SSSR count). The first-order valence-electron chi connectivity index (χ1n) is 8.17. The lowest BCUT2D eigenvalue weighted by Gasteiger charge is -2.28. The quantitative estimate of drug-likeness (QED) is 0.785. The number of rotatable bonds is 7. The number of nitrogens with one attached hydrogen (secondary N) is 1. The average molecular weight is 374 g/mol. The van der Waals surface area contributed by atoms with Crippen LogP contribution >= 0.6 is 11.6 Å². The average Bonchev–Trinajstić information content (AvgIpc) is 2.59. The molecule has 134 valence electrons. The molecule has 0 bridgehead atoms. The number of carbonyl (C=O) groups is 1. The van der Waals surface area contributed by atoms with Crippen molar-refractivity contribution in [1.82, 2.24) is 14.5 Å². The summed E-state index contributed by atoms with van der Waals surface area (Å²) in [6.07, 6.45) is 0.764. The standard InChI is InChI=1S/C16H24ClN3O3S/c1-2-8-19(16(21)14-4-3-5-15(17)13-14)11-12-24(22,23)20-9-6-18-7-10-20/h3-5,13,18H,2,6-12H2,1H3. The number of halogens is 1. The lowest BCUT2D eigenvalue weighted by molar-refractivity contribution is 0.0765. The molecule has 0 aliphatic carbocycles. The minimum Gasteiger partial charge on any atom is -0.338 e. The van der Waals surface area contributed by atoms with Gasteiger partial charge in [-0.2, -0.15) is 4.31 Å². The summed E-state index contributed by atoms with van der Waals surface area (Å²) in [5.41, 5.74) is 0.482. The molecule has 8 heteroatoms. The molecule has 0 radical (unpaired) electrons. The van der Waals surface area contributed by atoms with Gasteiger partial charge in [0.15, 0.2) is 0 Å². The zero-order chi connectivity index (χ0) is 17.6. The van der Waals surface area contributed by atoms with Crippen LogP contribution in [0, 0.1) is 0 Å². The van der Waals surface area contributed by atoms with Crippen LogP contribution in [0.15, 0.2) is 24.3 Å². The fraction of sp³-hybridized carbons (Fsp3) is 0.562. The number of carbonyl (C=O) groups excluding carboxylic acids is 1. The van der Waals surface area contributed by atoms with Crippen molar-refractivity contribution in [3.63, 3.8) is 0 Å². The van der Waals surface area contributed by atoms with Crippen molar-refractivity contribution in [2.24, 2.45) is 0 Å². The van der Waals surface area contributed by atoms with Crippen LogP contribution < -0.4 is 5.32 Å². The third-order valence-corrected chi connectivity index (χ3v) is 6.03. The van der Waals surface area contributed by atoms with E-state index in [4.69, 9.17) is 11.6 Å². The zero-order valence-corrected chi connectivity index (χ0v) is 15.4. The molecule has 1 N–H and O–H groups in total. The van der Waals surface area contributed by atoms with E-state index in [1.54, 1.807) is 29.2 Å². The molecule has 0 unspecified atom stereocenters. The van der Waals surface area contributed by atoms with Crippen LogP contribution in [-0.4, -0.2) is 68.6 Å². The smallest absolute Gasteiger partial charge is 0.253 e. The molecule has 1 heterocycles. The maximum Gasteiger partial charge on any atom is 0.253 e. The molecule has 1 aromatic rings. The summed E-state index contributed by atoms with van der Waals surface area (Å²) in [5.74, 6) is -0.242. The minimum atomic E-state index is -3.35. The third kappa shape index (κ3) is 5.17. The van der Waals surface area contributed by atoms with Crippen LogP contribution in [0.1, 0.15) is 23.7 Å². The van der Waals surface area contributed by atoms with Gasteiger partial charge in [-0.3, -0.25) is 4.79 Å². The highest BCUT2D eigenvalue weighted by molar-refractivity contribution is 7.89. The first-order chi connectivity index (χ1) is 11.4. The topological polar surface area (TPSA) is 69.7 Å². The Morgan fingerprint density at radius 1 is 1.29 bits per heavy atom. The highest BCUT2D eigenvalue weighted by Crippen LogP contribution is 2.14. The largest absolute Gasteiger partial charge is 0.338 e. The predicted molar refractivity (Wildman–Crippen MR) is 95.9 cm³/mol. The summed E-state index contributed by atoms with van der Waals surface area (Å²) in [6, 6.07) is 6.73. The summed E-state index contributed by atoms with van der Waals surface area (Å²) in [4.78, 5) is 14.2. The fourth-order valence-electron chi connectivity index (χ4n) is 2.67. The van der Waals surface area contributed by atoms with Gasteiger partial charge in [-0.05, 0) is 24.6 Å². The lowest BCUT2D eigenvalue weighted by Crippen LogP contribution is -2.48. The Balaban J connectivity index is 2.03. The van der Waals surface area contributed by atoms with Gasteiger partial charge in [0.2, 0.25) is 10.0 Å². The number of benzene rings is 1. The van der Waals surface area contributed by atoms with Gasteiger partial charge in [0.05, 0.1) is 5.75 Å². The summed E-state index contributed by atoms with van der Waals surface area (Å²) < 4.78 is 26.4. The van der Waals surface area contributed by atoms with Gasteiger partial charge >= 0.3 is 0 Å². The molecule has 1 aliphatic rings. The van der Waals surface area contributed by atoms with Crippen molar-refractivity contribution < 1.29 is 13.2 Å². The molecule has 6 nitrogen and oxygen atoms in total. The van der Waals surface area contributed by atoms with Crippen molar-refractivity contribution in [3.8, 4) is 0 Å². The highest BCUT2D eigenvalue weighted by atomic mass is 35.5. The molecule has 0 atom stereocenters. The van der Waals surface area contributed by atoms with E-state index in [9.17, 15) is 13.2 Å². The third-order valence-electron chi connectivity index (χ3n) is 3.94. The highest BCUT2D eigenvalue weighted by Gasteiger charge is 2.25. The van der Waals surface area contributed by atoms with Gasteiger partial charge in [0.1, 0.15) is 0 Å². The number of hydrogen-bond acceptors (Lipinski definition) is 4. The van der Waals surface area contributed by atoms with Crippen molar-refractivity contribution in [3.05, 3.63) is 34.9 Å².